The van der Waals surface area contributed by atoms with Gasteiger partial charge in [-0.1, -0.05) is 6.07 Å². The average molecular weight is 467 g/mol. The zero-order valence-electron chi connectivity index (χ0n) is 20.0. The van der Waals surface area contributed by atoms with E-state index >= 15 is 0 Å². The summed E-state index contributed by atoms with van der Waals surface area (Å²) in [6.07, 6.45) is 1.15. The molecule has 3 aliphatic rings. The van der Waals surface area contributed by atoms with Gasteiger partial charge in [0.15, 0.2) is 11.5 Å². The number of benzene rings is 2. The number of fused-ring (bicyclic) bond motifs is 1. The number of carbonyl (C=O) groups excluding carboxylic acids is 2. The van der Waals surface area contributed by atoms with E-state index in [1.165, 1.54) is 5.69 Å². The van der Waals surface area contributed by atoms with Crippen molar-refractivity contribution in [3.8, 4) is 5.75 Å². The summed E-state index contributed by atoms with van der Waals surface area (Å²) < 4.78 is 11.2. The fourth-order valence-corrected chi connectivity index (χ4v) is 4.44. The third-order valence-corrected chi connectivity index (χ3v) is 6.40. The number of morpholine rings is 1. The summed E-state index contributed by atoms with van der Waals surface area (Å²) in [6, 6.07) is 13.7. The Labute approximate surface area is 201 Å². The summed E-state index contributed by atoms with van der Waals surface area (Å²) in [4.78, 5) is 29.2. The van der Waals surface area contributed by atoms with E-state index < -0.39 is 0 Å². The number of nitrogens with one attached hydrogen (secondary N) is 1. The Morgan fingerprint density at radius 1 is 0.941 bits per heavy atom. The van der Waals surface area contributed by atoms with Crippen molar-refractivity contribution in [1.82, 2.24) is 4.90 Å². The molecule has 0 aliphatic carbocycles. The van der Waals surface area contributed by atoms with Gasteiger partial charge in [-0.25, -0.2) is 0 Å². The van der Waals surface area contributed by atoms with Gasteiger partial charge in [0, 0.05) is 57.1 Å². The molecule has 0 bridgehead atoms. The molecule has 1 atom stereocenters. The third-order valence-electron chi connectivity index (χ3n) is 6.40. The van der Waals surface area contributed by atoms with E-state index in [1.807, 2.05) is 43.3 Å². The maximum atomic E-state index is 12.1. The second-order valence-electron chi connectivity index (χ2n) is 8.91. The minimum Gasteiger partial charge on any atom is -0.487 e. The molecular weight excluding hydrogens is 432 g/mol. The Bertz CT molecular complexity index is 967. The standard InChI is InChI=1S/C15H20N2O2.C11H14N2O2/c1-11-10-14(18)12-4-3-5-13(15(12)19-11)17-8-6-16(2)7-9-17;14-9-12-10-1-3-11(4-2-10)13-5-7-15-8-6-13/h3-5,11H,6-10H2,1-2H3;1-4,9H,5-8H2,(H,12,14). The van der Waals surface area contributed by atoms with Gasteiger partial charge < -0.3 is 29.5 Å². The van der Waals surface area contributed by atoms with E-state index in [1.54, 1.807) is 0 Å². The molecule has 182 valence electrons. The summed E-state index contributed by atoms with van der Waals surface area (Å²) in [5.74, 6) is 0.987. The highest BCUT2D eigenvalue weighted by atomic mass is 16.5. The van der Waals surface area contributed by atoms with Gasteiger partial charge in [-0.3, -0.25) is 9.59 Å². The van der Waals surface area contributed by atoms with Crippen LogP contribution in [0.15, 0.2) is 42.5 Å². The number of Topliss-reactive ketones (excluding diaryl/α,β-unsaturated/α-hetero) is 1. The van der Waals surface area contributed by atoms with Gasteiger partial charge in [-0.05, 0) is 50.4 Å². The second kappa shape index (κ2) is 11.4. The number of rotatable bonds is 4. The Kier molecular flexibility index (Phi) is 8.03. The maximum absolute atomic E-state index is 12.1. The van der Waals surface area contributed by atoms with Crippen LogP contribution in [0.5, 0.6) is 5.75 Å². The predicted molar refractivity (Wildman–Crippen MR) is 134 cm³/mol. The highest BCUT2D eigenvalue weighted by molar-refractivity contribution is 6.01. The minimum atomic E-state index is -0.0198. The number of likely N-dealkylation sites (N-methyl/N-ethyl adjacent to an activating group) is 1. The van der Waals surface area contributed by atoms with Crippen molar-refractivity contribution in [2.75, 3.05) is 74.6 Å². The molecule has 3 heterocycles. The van der Waals surface area contributed by atoms with Crippen LogP contribution in [-0.2, 0) is 9.53 Å². The number of piperazine rings is 1. The molecule has 1 amide bonds. The van der Waals surface area contributed by atoms with Crippen molar-refractivity contribution in [1.29, 1.82) is 0 Å². The zero-order chi connectivity index (χ0) is 23.9. The van der Waals surface area contributed by atoms with Crippen molar-refractivity contribution in [3.63, 3.8) is 0 Å². The van der Waals surface area contributed by atoms with Crippen LogP contribution >= 0.6 is 0 Å². The Balaban J connectivity index is 0.000000166. The number of carbonyl (C=O) groups is 2. The Morgan fingerprint density at radius 2 is 1.65 bits per heavy atom. The SMILES string of the molecule is CC1CC(=O)c2cccc(N3CCN(C)CC3)c2O1.O=CNc1ccc(N2CCOCC2)cc1. The lowest BCUT2D eigenvalue weighted by molar-refractivity contribution is -0.105. The lowest BCUT2D eigenvalue weighted by atomic mass is 10.00. The monoisotopic (exact) mass is 466 g/mol. The largest absolute Gasteiger partial charge is 0.487 e. The van der Waals surface area contributed by atoms with E-state index in [9.17, 15) is 9.59 Å². The van der Waals surface area contributed by atoms with Gasteiger partial charge in [0.05, 0.1) is 24.5 Å². The summed E-state index contributed by atoms with van der Waals surface area (Å²) >= 11 is 0. The number of ether oxygens (including phenoxy) is 2. The van der Waals surface area contributed by atoms with E-state index in [-0.39, 0.29) is 11.9 Å². The van der Waals surface area contributed by atoms with E-state index in [4.69, 9.17) is 9.47 Å². The molecule has 8 nitrogen and oxygen atoms in total. The molecule has 34 heavy (non-hydrogen) atoms. The van der Waals surface area contributed by atoms with E-state index in [2.05, 4.69) is 33.1 Å². The molecule has 2 aromatic carbocycles. The van der Waals surface area contributed by atoms with Gasteiger partial charge in [0.25, 0.3) is 0 Å². The molecule has 5 rings (SSSR count). The number of nitrogens with zero attached hydrogens (tertiary/aromatic N) is 3. The first-order chi connectivity index (χ1) is 16.5. The van der Waals surface area contributed by atoms with Crippen LogP contribution in [0.4, 0.5) is 17.1 Å². The molecule has 0 spiro atoms. The molecule has 1 unspecified atom stereocenters. The minimum absolute atomic E-state index is 0.0198. The second-order valence-corrected chi connectivity index (χ2v) is 8.91. The van der Waals surface area contributed by atoms with Crippen molar-refractivity contribution in [2.45, 2.75) is 19.4 Å². The summed E-state index contributed by atoms with van der Waals surface area (Å²) in [5.41, 5.74) is 3.82. The quantitative estimate of drug-likeness (QED) is 0.695. The van der Waals surface area contributed by atoms with Gasteiger partial charge in [0.1, 0.15) is 6.10 Å². The molecular formula is C26H34N4O4. The fraction of sp³-hybridized carbons (Fsp3) is 0.462. The van der Waals surface area contributed by atoms with Crippen molar-refractivity contribution in [2.24, 2.45) is 0 Å². The molecule has 2 aromatic rings. The molecule has 2 saturated heterocycles. The predicted octanol–water partition coefficient (Wildman–Crippen LogP) is 2.88. The number of hydrogen-bond acceptors (Lipinski definition) is 7. The van der Waals surface area contributed by atoms with Gasteiger partial charge >= 0.3 is 0 Å². The highest BCUT2D eigenvalue weighted by Gasteiger charge is 2.28. The lowest BCUT2D eigenvalue weighted by Gasteiger charge is -2.36. The van der Waals surface area contributed by atoms with Crippen LogP contribution < -0.4 is 19.9 Å². The first kappa shape index (κ1) is 24.0. The number of anilines is 3. The van der Waals surface area contributed by atoms with Gasteiger partial charge in [-0.2, -0.15) is 0 Å². The van der Waals surface area contributed by atoms with Crippen LogP contribution in [0.25, 0.3) is 0 Å². The molecule has 0 radical (unpaired) electrons. The topological polar surface area (TPSA) is 74.4 Å². The summed E-state index contributed by atoms with van der Waals surface area (Å²) in [7, 11) is 2.14. The molecule has 2 fully saturated rings. The van der Waals surface area contributed by atoms with Crippen LogP contribution in [0.1, 0.15) is 23.7 Å². The smallest absolute Gasteiger partial charge is 0.211 e. The zero-order valence-corrected chi connectivity index (χ0v) is 20.0. The van der Waals surface area contributed by atoms with E-state index in [0.717, 1.165) is 75.2 Å². The number of ketones is 1. The van der Waals surface area contributed by atoms with Gasteiger partial charge in [0.2, 0.25) is 6.41 Å². The molecule has 0 aromatic heterocycles. The maximum Gasteiger partial charge on any atom is 0.211 e. The van der Waals surface area contributed by atoms with Crippen LogP contribution in [0.2, 0.25) is 0 Å². The summed E-state index contributed by atoms with van der Waals surface area (Å²) in [6.45, 7) is 9.46. The normalized spacial score (nSPS) is 20.5. The third kappa shape index (κ3) is 5.87. The molecule has 0 saturated carbocycles. The van der Waals surface area contributed by atoms with E-state index in [0.29, 0.717) is 12.8 Å². The summed E-state index contributed by atoms with van der Waals surface area (Å²) in [5, 5.41) is 2.61. The molecule has 8 heteroatoms. The van der Waals surface area contributed by atoms with Crippen LogP contribution in [0, 0.1) is 0 Å². The Hall–Kier alpha value is -3.10. The lowest BCUT2D eigenvalue weighted by Crippen LogP contribution is -2.45. The first-order valence-corrected chi connectivity index (χ1v) is 11.9. The molecule has 3 aliphatic heterocycles. The first-order valence-electron chi connectivity index (χ1n) is 11.9. The van der Waals surface area contributed by atoms with Crippen molar-refractivity contribution in [3.05, 3.63) is 48.0 Å². The average Bonchev–Trinajstić information content (AvgIpc) is 2.86. The van der Waals surface area contributed by atoms with Crippen molar-refractivity contribution < 1.29 is 19.1 Å². The number of amides is 1. The van der Waals surface area contributed by atoms with Crippen molar-refractivity contribution >= 4 is 29.3 Å². The Morgan fingerprint density at radius 3 is 2.32 bits per heavy atom. The highest BCUT2D eigenvalue weighted by Crippen LogP contribution is 2.37. The number of para-hydroxylation sites is 1. The number of hydrogen-bond donors (Lipinski definition) is 1. The molecule has 1 N–H and O–H groups in total. The van der Waals surface area contributed by atoms with Gasteiger partial charge in [-0.15, -0.1) is 0 Å². The van der Waals surface area contributed by atoms with Crippen LogP contribution in [0.3, 0.4) is 0 Å². The van der Waals surface area contributed by atoms with Crippen LogP contribution in [-0.4, -0.2) is 82.7 Å². The fourth-order valence-electron chi connectivity index (χ4n) is 4.44.